The maximum absolute atomic E-state index is 9.93. The van der Waals surface area contributed by atoms with E-state index in [1.807, 2.05) is 31.2 Å². The molecule has 0 aliphatic carbocycles. The number of hydrogen-bond donors (Lipinski definition) is 1. The average Bonchev–Trinajstić information content (AvgIpc) is 2.32. The molecule has 2 aromatic rings. The van der Waals surface area contributed by atoms with Gasteiger partial charge in [0, 0.05) is 16.8 Å². The van der Waals surface area contributed by atoms with Crippen LogP contribution in [0.4, 0.5) is 5.69 Å². The van der Waals surface area contributed by atoms with E-state index in [-0.39, 0.29) is 5.75 Å². The molecule has 2 aromatic carbocycles. The van der Waals surface area contributed by atoms with Gasteiger partial charge in [0.2, 0.25) is 0 Å². The van der Waals surface area contributed by atoms with Crippen LogP contribution in [0.3, 0.4) is 0 Å². The highest BCUT2D eigenvalue weighted by Crippen LogP contribution is 2.25. The van der Waals surface area contributed by atoms with Crippen molar-refractivity contribution in [2.24, 2.45) is 4.99 Å². The molecule has 0 aliphatic heterocycles. The van der Waals surface area contributed by atoms with Crippen LogP contribution in [0.15, 0.2) is 41.4 Å². The SMILES string of the molecule is Cc1cc(I)c(O)c(C=Nc2cccc(Cl)c2)c1. The van der Waals surface area contributed by atoms with Crippen LogP contribution in [0.25, 0.3) is 0 Å². The smallest absolute Gasteiger partial charge is 0.137 e. The third-order valence-electron chi connectivity index (χ3n) is 2.40. The second-order valence-corrected chi connectivity index (χ2v) is 5.52. The third-order valence-corrected chi connectivity index (χ3v) is 3.46. The Bertz CT molecular complexity index is 611. The number of phenols is 1. The summed E-state index contributed by atoms with van der Waals surface area (Å²) in [6.45, 7) is 1.98. The van der Waals surface area contributed by atoms with Gasteiger partial charge in [0.05, 0.1) is 9.26 Å². The molecule has 0 saturated carbocycles. The van der Waals surface area contributed by atoms with Crippen molar-refractivity contribution in [2.75, 3.05) is 0 Å². The van der Waals surface area contributed by atoms with Gasteiger partial charge in [-0.2, -0.15) is 0 Å². The van der Waals surface area contributed by atoms with Gasteiger partial charge in [-0.1, -0.05) is 17.7 Å². The van der Waals surface area contributed by atoms with Crippen molar-refractivity contribution < 1.29 is 5.11 Å². The molecule has 0 radical (unpaired) electrons. The van der Waals surface area contributed by atoms with Crippen LogP contribution < -0.4 is 0 Å². The number of hydrogen-bond acceptors (Lipinski definition) is 2. The van der Waals surface area contributed by atoms with Crippen LogP contribution >= 0.6 is 34.2 Å². The van der Waals surface area contributed by atoms with Crippen molar-refractivity contribution in [1.29, 1.82) is 0 Å². The lowest BCUT2D eigenvalue weighted by molar-refractivity contribution is 0.470. The van der Waals surface area contributed by atoms with Gasteiger partial charge in [-0.05, 0) is 65.4 Å². The molecule has 1 N–H and O–H groups in total. The molecule has 0 unspecified atom stereocenters. The predicted molar refractivity (Wildman–Crippen MR) is 84.3 cm³/mol. The molecular weight excluding hydrogens is 361 g/mol. The first kappa shape index (κ1) is 13.4. The Kier molecular flexibility index (Phi) is 4.24. The maximum atomic E-state index is 9.93. The highest BCUT2D eigenvalue weighted by Gasteiger charge is 2.04. The summed E-state index contributed by atoms with van der Waals surface area (Å²) in [5.74, 6) is 0.256. The van der Waals surface area contributed by atoms with Gasteiger partial charge in [-0.25, -0.2) is 0 Å². The Balaban J connectivity index is 2.34. The summed E-state index contributed by atoms with van der Waals surface area (Å²) in [5, 5.41) is 10.6. The van der Waals surface area contributed by atoms with E-state index in [1.165, 1.54) is 0 Å². The molecule has 0 aliphatic rings. The lowest BCUT2D eigenvalue weighted by Gasteiger charge is -2.03. The molecule has 92 valence electrons. The lowest BCUT2D eigenvalue weighted by Crippen LogP contribution is -1.87. The van der Waals surface area contributed by atoms with E-state index in [0.29, 0.717) is 10.6 Å². The van der Waals surface area contributed by atoms with E-state index in [4.69, 9.17) is 11.6 Å². The molecule has 4 heteroatoms. The zero-order valence-corrected chi connectivity index (χ0v) is 12.6. The fraction of sp³-hybridized carbons (Fsp3) is 0.0714. The van der Waals surface area contributed by atoms with Crippen LogP contribution in [0.2, 0.25) is 5.02 Å². The predicted octanol–water partition coefficient (Wildman–Crippen LogP) is 4.71. The molecule has 18 heavy (non-hydrogen) atoms. The molecule has 2 rings (SSSR count). The van der Waals surface area contributed by atoms with Gasteiger partial charge >= 0.3 is 0 Å². The van der Waals surface area contributed by atoms with Crippen LogP contribution in [0.5, 0.6) is 5.75 Å². The molecule has 0 fully saturated rings. The quantitative estimate of drug-likeness (QED) is 0.602. The molecule has 0 bridgehead atoms. The van der Waals surface area contributed by atoms with Crippen LogP contribution in [0.1, 0.15) is 11.1 Å². The van der Waals surface area contributed by atoms with Crippen molar-refractivity contribution in [1.82, 2.24) is 0 Å². The molecule has 0 atom stereocenters. The normalized spacial score (nSPS) is 11.1. The Hall–Kier alpha value is -1.07. The van der Waals surface area contributed by atoms with E-state index in [1.54, 1.807) is 18.3 Å². The van der Waals surface area contributed by atoms with Crippen LogP contribution in [-0.4, -0.2) is 11.3 Å². The summed E-state index contributed by atoms with van der Waals surface area (Å²) in [6.07, 6.45) is 1.65. The number of aliphatic imine (C=N–C) groups is 1. The van der Waals surface area contributed by atoms with Gasteiger partial charge in [0.1, 0.15) is 5.75 Å². The monoisotopic (exact) mass is 371 g/mol. The standard InChI is InChI=1S/C14H11ClINO/c1-9-5-10(14(18)13(16)6-9)8-17-12-4-2-3-11(15)7-12/h2-8,18H,1H3. The minimum absolute atomic E-state index is 0.256. The van der Waals surface area contributed by atoms with Gasteiger partial charge < -0.3 is 5.11 Å². The Labute approximate surface area is 124 Å². The van der Waals surface area contributed by atoms with Crippen molar-refractivity contribution in [3.63, 3.8) is 0 Å². The van der Waals surface area contributed by atoms with Crippen molar-refractivity contribution >= 4 is 46.1 Å². The molecule has 0 spiro atoms. The van der Waals surface area contributed by atoms with Crippen LogP contribution in [-0.2, 0) is 0 Å². The fourth-order valence-electron chi connectivity index (χ4n) is 1.56. The highest BCUT2D eigenvalue weighted by atomic mass is 127. The highest BCUT2D eigenvalue weighted by molar-refractivity contribution is 14.1. The summed E-state index contributed by atoms with van der Waals surface area (Å²) in [4.78, 5) is 4.31. The minimum Gasteiger partial charge on any atom is -0.506 e. The molecular formula is C14H11ClINO. The van der Waals surface area contributed by atoms with E-state index in [0.717, 1.165) is 14.8 Å². The van der Waals surface area contributed by atoms with Crippen molar-refractivity contribution in [3.8, 4) is 5.75 Å². The molecule has 0 aromatic heterocycles. The second-order valence-electron chi connectivity index (χ2n) is 3.92. The zero-order chi connectivity index (χ0) is 13.1. The first-order valence-corrected chi connectivity index (χ1v) is 6.80. The molecule has 0 amide bonds. The molecule has 0 saturated heterocycles. The van der Waals surface area contributed by atoms with E-state index < -0.39 is 0 Å². The second kappa shape index (κ2) is 5.71. The summed E-state index contributed by atoms with van der Waals surface area (Å²) < 4.78 is 0.820. The summed E-state index contributed by atoms with van der Waals surface area (Å²) in [7, 11) is 0. The Morgan fingerprint density at radius 3 is 2.78 bits per heavy atom. The molecule has 0 heterocycles. The van der Waals surface area contributed by atoms with Crippen molar-refractivity contribution in [2.45, 2.75) is 6.92 Å². The van der Waals surface area contributed by atoms with Gasteiger partial charge in [-0.3, -0.25) is 4.99 Å². The van der Waals surface area contributed by atoms with Crippen molar-refractivity contribution in [3.05, 3.63) is 56.1 Å². The number of rotatable bonds is 2. The Morgan fingerprint density at radius 2 is 2.06 bits per heavy atom. The third kappa shape index (κ3) is 3.23. The number of nitrogens with zero attached hydrogens (tertiary/aromatic N) is 1. The zero-order valence-electron chi connectivity index (χ0n) is 9.69. The number of aromatic hydroxyl groups is 1. The number of phenolic OH excluding ortho intramolecular Hbond substituents is 1. The van der Waals surface area contributed by atoms with E-state index in [9.17, 15) is 5.11 Å². The summed E-state index contributed by atoms with van der Waals surface area (Å²) in [6, 6.07) is 11.1. The largest absolute Gasteiger partial charge is 0.506 e. The van der Waals surface area contributed by atoms with Gasteiger partial charge in [0.15, 0.2) is 0 Å². The number of aryl methyl sites for hydroxylation is 1. The first-order valence-electron chi connectivity index (χ1n) is 5.35. The van der Waals surface area contributed by atoms with E-state index >= 15 is 0 Å². The molecule has 2 nitrogen and oxygen atoms in total. The maximum Gasteiger partial charge on any atom is 0.137 e. The van der Waals surface area contributed by atoms with Gasteiger partial charge in [-0.15, -0.1) is 0 Å². The average molecular weight is 372 g/mol. The lowest BCUT2D eigenvalue weighted by atomic mass is 10.1. The topological polar surface area (TPSA) is 32.6 Å². The fourth-order valence-corrected chi connectivity index (χ4v) is 2.55. The number of benzene rings is 2. The van der Waals surface area contributed by atoms with Gasteiger partial charge in [0.25, 0.3) is 0 Å². The Morgan fingerprint density at radius 1 is 1.28 bits per heavy atom. The summed E-state index contributed by atoms with van der Waals surface area (Å²) >= 11 is 7.99. The van der Waals surface area contributed by atoms with Crippen LogP contribution in [0, 0.1) is 10.5 Å². The first-order chi connectivity index (χ1) is 8.56. The minimum atomic E-state index is 0.256. The van der Waals surface area contributed by atoms with E-state index in [2.05, 4.69) is 27.6 Å². The number of halogens is 2. The summed E-state index contributed by atoms with van der Waals surface area (Å²) in [5.41, 5.74) is 2.56.